The maximum Gasteiger partial charge on any atom is 0.0955 e. The summed E-state index contributed by atoms with van der Waals surface area (Å²) < 4.78 is 0. The van der Waals surface area contributed by atoms with Gasteiger partial charge in [-0.05, 0) is 19.3 Å². The summed E-state index contributed by atoms with van der Waals surface area (Å²) in [6, 6.07) is 0.478. The second-order valence-electron chi connectivity index (χ2n) is 4.56. The van der Waals surface area contributed by atoms with Gasteiger partial charge in [0.1, 0.15) is 0 Å². The summed E-state index contributed by atoms with van der Waals surface area (Å²) in [6.45, 7) is -0.0406. The van der Waals surface area contributed by atoms with Gasteiger partial charge in [-0.2, -0.15) is 0 Å². The molecule has 4 nitrogen and oxygen atoms in total. The summed E-state index contributed by atoms with van der Waals surface area (Å²) in [5.74, 6) is -0.164. The van der Waals surface area contributed by atoms with Gasteiger partial charge in [-0.15, -0.1) is 0 Å². The highest BCUT2D eigenvalue weighted by Crippen LogP contribution is 2.29. The summed E-state index contributed by atoms with van der Waals surface area (Å²) in [5, 5.41) is 31.6. The summed E-state index contributed by atoms with van der Waals surface area (Å²) in [6.07, 6.45) is 2.79. The van der Waals surface area contributed by atoms with Crippen molar-refractivity contribution in [3.8, 4) is 0 Å². The Morgan fingerprint density at radius 1 is 1.14 bits per heavy atom. The Labute approximate surface area is 83.9 Å². The Morgan fingerprint density at radius 2 is 1.86 bits per heavy atom. The molecule has 0 aromatic carbocycles. The molecule has 0 bridgehead atoms. The minimum absolute atomic E-state index is 0.0348. The summed E-state index contributed by atoms with van der Waals surface area (Å²) in [5.41, 5.74) is 0. The molecule has 2 aliphatic rings. The van der Waals surface area contributed by atoms with Crippen molar-refractivity contribution in [2.45, 2.75) is 50.0 Å². The van der Waals surface area contributed by atoms with E-state index in [4.69, 9.17) is 5.11 Å². The Bertz CT molecular complexity index is 194. The molecule has 0 heterocycles. The van der Waals surface area contributed by atoms with Crippen LogP contribution in [0.2, 0.25) is 0 Å². The molecule has 4 N–H and O–H groups in total. The standard InChI is InChI=1S/C10H19NO3/c12-5-6-4-8(10(14)9(6)13)11-7-2-1-3-7/h6-14H,1-5H2/t6-,8-,9-,10+/m1/s1. The third kappa shape index (κ3) is 1.80. The van der Waals surface area contributed by atoms with Crippen LogP contribution in [-0.2, 0) is 0 Å². The van der Waals surface area contributed by atoms with Crippen molar-refractivity contribution in [3.05, 3.63) is 0 Å². The van der Waals surface area contributed by atoms with Gasteiger partial charge >= 0.3 is 0 Å². The lowest BCUT2D eigenvalue weighted by Gasteiger charge is -2.31. The lowest BCUT2D eigenvalue weighted by molar-refractivity contribution is -0.00220. The molecule has 4 atom stereocenters. The highest BCUT2D eigenvalue weighted by Gasteiger charge is 2.41. The zero-order valence-corrected chi connectivity index (χ0v) is 8.26. The van der Waals surface area contributed by atoms with Gasteiger partial charge in [0.05, 0.1) is 12.2 Å². The van der Waals surface area contributed by atoms with E-state index in [-0.39, 0.29) is 18.6 Å². The number of nitrogens with one attached hydrogen (secondary N) is 1. The quantitative estimate of drug-likeness (QED) is 0.484. The molecule has 0 aliphatic heterocycles. The van der Waals surface area contributed by atoms with Crippen LogP contribution in [0.5, 0.6) is 0 Å². The zero-order valence-electron chi connectivity index (χ0n) is 8.26. The largest absolute Gasteiger partial charge is 0.396 e. The molecule has 0 spiro atoms. The van der Waals surface area contributed by atoms with Gasteiger partial charge in [0, 0.05) is 24.6 Å². The topological polar surface area (TPSA) is 72.7 Å². The molecule has 2 saturated carbocycles. The van der Waals surface area contributed by atoms with Crippen LogP contribution in [0.25, 0.3) is 0 Å². The molecule has 0 radical (unpaired) electrons. The molecule has 0 saturated heterocycles. The fourth-order valence-corrected chi connectivity index (χ4v) is 2.35. The normalized spacial score (nSPS) is 43.9. The first-order chi connectivity index (χ1) is 6.72. The summed E-state index contributed by atoms with van der Waals surface area (Å²) in [4.78, 5) is 0. The van der Waals surface area contributed by atoms with E-state index in [1.807, 2.05) is 0 Å². The third-order valence-electron chi connectivity index (χ3n) is 3.59. The lowest BCUT2D eigenvalue weighted by atomic mass is 9.92. The molecule has 0 aromatic heterocycles. The maximum atomic E-state index is 9.70. The van der Waals surface area contributed by atoms with Crippen LogP contribution in [0, 0.1) is 5.92 Å². The van der Waals surface area contributed by atoms with E-state index in [1.165, 1.54) is 19.3 Å². The van der Waals surface area contributed by atoms with Gasteiger partial charge < -0.3 is 20.6 Å². The van der Waals surface area contributed by atoms with E-state index < -0.39 is 12.2 Å². The molecule has 2 aliphatic carbocycles. The minimum Gasteiger partial charge on any atom is -0.396 e. The van der Waals surface area contributed by atoms with Crippen LogP contribution in [0.15, 0.2) is 0 Å². The predicted octanol–water partition coefficient (Wildman–Crippen LogP) is -0.769. The number of hydrogen-bond donors (Lipinski definition) is 4. The van der Waals surface area contributed by atoms with Crippen molar-refractivity contribution in [2.24, 2.45) is 5.92 Å². The molecular weight excluding hydrogens is 182 g/mol. The lowest BCUT2D eigenvalue weighted by Crippen LogP contribution is -2.47. The van der Waals surface area contributed by atoms with Gasteiger partial charge in [0.15, 0.2) is 0 Å². The van der Waals surface area contributed by atoms with E-state index >= 15 is 0 Å². The number of rotatable bonds is 3. The van der Waals surface area contributed by atoms with E-state index in [1.54, 1.807) is 0 Å². The fraction of sp³-hybridized carbons (Fsp3) is 1.00. The number of hydrogen-bond acceptors (Lipinski definition) is 4. The fourth-order valence-electron chi connectivity index (χ4n) is 2.35. The van der Waals surface area contributed by atoms with E-state index in [0.717, 1.165) is 0 Å². The maximum absolute atomic E-state index is 9.70. The predicted molar refractivity (Wildman–Crippen MR) is 51.8 cm³/mol. The van der Waals surface area contributed by atoms with Gasteiger partial charge in [-0.3, -0.25) is 0 Å². The van der Waals surface area contributed by atoms with Crippen molar-refractivity contribution in [1.29, 1.82) is 0 Å². The summed E-state index contributed by atoms with van der Waals surface area (Å²) >= 11 is 0. The molecule has 2 rings (SSSR count). The summed E-state index contributed by atoms with van der Waals surface area (Å²) in [7, 11) is 0. The SMILES string of the molecule is OC[C@H]1C[C@@H](NC2CCC2)[C@H](O)[C@@H]1O. The molecule has 2 fully saturated rings. The Balaban J connectivity index is 1.86. The average Bonchev–Trinajstić information content (AvgIpc) is 2.38. The minimum atomic E-state index is -0.766. The smallest absolute Gasteiger partial charge is 0.0955 e. The van der Waals surface area contributed by atoms with Gasteiger partial charge in [-0.25, -0.2) is 0 Å². The van der Waals surface area contributed by atoms with Crippen molar-refractivity contribution in [2.75, 3.05) is 6.61 Å². The van der Waals surface area contributed by atoms with Crippen LogP contribution in [-0.4, -0.2) is 46.2 Å². The first-order valence-electron chi connectivity index (χ1n) is 5.45. The first kappa shape index (κ1) is 10.4. The Hall–Kier alpha value is -0.160. The van der Waals surface area contributed by atoms with Gasteiger partial charge in [0.25, 0.3) is 0 Å². The number of aliphatic hydroxyl groups is 3. The Kier molecular flexibility index (Phi) is 3.07. The highest BCUT2D eigenvalue weighted by molar-refractivity contribution is 4.97. The molecule has 82 valence electrons. The third-order valence-corrected chi connectivity index (χ3v) is 3.59. The number of aliphatic hydroxyl groups excluding tert-OH is 3. The van der Waals surface area contributed by atoms with Crippen LogP contribution in [0.1, 0.15) is 25.7 Å². The average molecular weight is 201 g/mol. The van der Waals surface area contributed by atoms with Crippen LogP contribution < -0.4 is 5.32 Å². The van der Waals surface area contributed by atoms with Crippen molar-refractivity contribution in [3.63, 3.8) is 0 Å². The van der Waals surface area contributed by atoms with E-state index in [9.17, 15) is 10.2 Å². The van der Waals surface area contributed by atoms with Gasteiger partial charge in [0.2, 0.25) is 0 Å². The molecule has 4 heteroatoms. The van der Waals surface area contributed by atoms with E-state index in [2.05, 4.69) is 5.32 Å². The molecule has 0 aromatic rings. The second-order valence-corrected chi connectivity index (χ2v) is 4.56. The van der Waals surface area contributed by atoms with Crippen molar-refractivity contribution in [1.82, 2.24) is 5.32 Å². The second kappa shape index (κ2) is 4.14. The monoisotopic (exact) mass is 201 g/mol. The van der Waals surface area contributed by atoms with E-state index in [0.29, 0.717) is 12.5 Å². The first-order valence-corrected chi connectivity index (χ1v) is 5.45. The van der Waals surface area contributed by atoms with Crippen LogP contribution in [0.4, 0.5) is 0 Å². The highest BCUT2D eigenvalue weighted by atomic mass is 16.3. The van der Waals surface area contributed by atoms with Crippen LogP contribution >= 0.6 is 0 Å². The zero-order chi connectivity index (χ0) is 10.1. The van der Waals surface area contributed by atoms with Gasteiger partial charge in [-0.1, -0.05) is 6.42 Å². The Morgan fingerprint density at radius 3 is 2.29 bits per heavy atom. The molecule has 0 amide bonds. The van der Waals surface area contributed by atoms with Crippen LogP contribution in [0.3, 0.4) is 0 Å². The molecular formula is C10H19NO3. The van der Waals surface area contributed by atoms with Crippen molar-refractivity contribution < 1.29 is 15.3 Å². The molecule has 14 heavy (non-hydrogen) atoms. The van der Waals surface area contributed by atoms with Crippen molar-refractivity contribution >= 4 is 0 Å². The molecule has 0 unspecified atom stereocenters.